The largest absolute Gasteiger partial charge is 0.487 e. The molecule has 2 amide bonds. The number of nitrogens with one attached hydrogen (secondary N) is 3. The molecule has 0 spiro atoms. The lowest BCUT2D eigenvalue weighted by molar-refractivity contribution is -0.128. The van der Waals surface area contributed by atoms with Gasteiger partial charge in [-0.3, -0.25) is 14.9 Å². The highest BCUT2D eigenvalue weighted by Gasteiger charge is 2.19. The molecule has 0 radical (unpaired) electrons. The number of hydrogen-bond donors (Lipinski definition) is 3. The van der Waals surface area contributed by atoms with Crippen LogP contribution < -0.4 is 25.6 Å². The Morgan fingerprint density at radius 1 is 1.08 bits per heavy atom. The molecule has 3 heterocycles. The number of piperazine rings is 1. The van der Waals surface area contributed by atoms with Gasteiger partial charge in [0.1, 0.15) is 6.61 Å². The predicted octanol–water partition coefficient (Wildman–Crippen LogP) is 0.490. The van der Waals surface area contributed by atoms with Crippen LogP contribution in [0.15, 0.2) is 30.4 Å². The van der Waals surface area contributed by atoms with Crippen LogP contribution in [-0.2, 0) is 9.59 Å². The molecule has 7 heteroatoms. The van der Waals surface area contributed by atoms with Crippen molar-refractivity contribution in [3.8, 4) is 5.75 Å². The molecule has 0 unspecified atom stereocenters. The molecule has 128 valence electrons. The van der Waals surface area contributed by atoms with E-state index in [1.54, 1.807) is 6.08 Å². The Morgan fingerprint density at radius 3 is 2.62 bits per heavy atom. The maximum atomic E-state index is 10.3. The standard InChI is InChI=1S/C12H17N3O.C5H5NO2/c1-2-10-12(16-9-6-14-10)11(3-1)15-7-4-13-5-8-15;7-4-2-1-3-5(8)6-4/h1-3,13-14H,4-9H2;1-2H,3H2,(H,6,7,8). The molecule has 3 N–H and O–H groups in total. The van der Waals surface area contributed by atoms with Crippen molar-refractivity contribution < 1.29 is 14.3 Å². The lowest BCUT2D eigenvalue weighted by atomic mass is 10.2. The van der Waals surface area contributed by atoms with Crippen molar-refractivity contribution in [2.24, 2.45) is 0 Å². The first-order chi connectivity index (χ1) is 11.7. The second-order valence-electron chi connectivity index (χ2n) is 5.69. The Kier molecular flexibility index (Phi) is 5.32. The van der Waals surface area contributed by atoms with E-state index in [4.69, 9.17) is 4.74 Å². The van der Waals surface area contributed by atoms with Crippen LogP contribution in [0.3, 0.4) is 0 Å². The van der Waals surface area contributed by atoms with Crippen LogP contribution in [0.1, 0.15) is 6.42 Å². The molecular formula is C17H22N4O3. The van der Waals surface area contributed by atoms with Crippen molar-refractivity contribution in [1.29, 1.82) is 0 Å². The van der Waals surface area contributed by atoms with Gasteiger partial charge >= 0.3 is 0 Å². The summed E-state index contributed by atoms with van der Waals surface area (Å²) < 4.78 is 5.78. The van der Waals surface area contributed by atoms with Crippen molar-refractivity contribution in [2.45, 2.75) is 6.42 Å². The lowest BCUT2D eigenvalue weighted by Crippen LogP contribution is -2.43. The molecule has 4 rings (SSSR count). The Bertz CT molecular complexity index is 639. The molecule has 7 nitrogen and oxygen atoms in total. The predicted molar refractivity (Wildman–Crippen MR) is 92.4 cm³/mol. The quantitative estimate of drug-likeness (QED) is 0.650. The average molecular weight is 330 g/mol. The summed E-state index contributed by atoms with van der Waals surface area (Å²) in [4.78, 5) is 22.9. The number of anilines is 2. The highest BCUT2D eigenvalue weighted by molar-refractivity contribution is 6.03. The smallest absolute Gasteiger partial charge is 0.250 e. The summed E-state index contributed by atoms with van der Waals surface area (Å²) in [6, 6.07) is 6.33. The van der Waals surface area contributed by atoms with E-state index in [0.29, 0.717) is 6.42 Å². The van der Waals surface area contributed by atoms with Gasteiger partial charge in [-0.2, -0.15) is 0 Å². The minimum Gasteiger partial charge on any atom is -0.487 e. The number of imide groups is 1. The summed E-state index contributed by atoms with van der Waals surface area (Å²) in [5.74, 6) is 0.481. The van der Waals surface area contributed by atoms with E-state index < -0.39 is 0 Å². The van der Waals surface area contributed by atoms with Crippen molar-refractivity contribution >= 4 is 23.2 Å². The summed E-state index contributed by atoms with van der Waals surface area (Å²) in [6.07, 6.45) is 3.22. The zero-order chi connectivity index (χ0) is 16.8. The lowest BCUT2D eigenvalue weighted by Gasteiger charge is -2.32. The van der Waals surface area contributed by atoms with Crippen LogP contribution in [0.4, 0.5) is 11.4 Å². The number of nitrogens with zero attached hydrogens (tertiary/aromatic N) is 1. The fraction of sp³-hybridized carbons (Fsp3) is 0.412. The molecule has 1 saturated heterocycles. The van der Waals surface area contributed by atoms with Gasteiger partial charge in [0.25, 0.3) is 0 Å². The molecular weight excluding hydrogens is 308 g/mol. The summed E-state index contributed by atoms with van der Waals surface area (Å²) in [5, 5.41) is 8.86. The summed E-state index contributed by atoms with van der Waals surface area (Å²) in [6.45, 7) is 5.88. The number of amides is 2. The number of hydrogen-bond acceptors (Lipinski definition) is 6. The van der Waals surface area contributed by atoms with Gasteiger partial charge in [0, 0.05) is 39.1 Å². The molecule has 1 fully saturated rings. The summed E-state index contributed by atoms with van der Waals surface area (Å²) >= 11 is 0. The Balaban J connectivity index is 0.000000179. The minimum atomic E-state index is -0.318. The third-order valence-corrected chi connectivity index (χ3v) is 3.95. The third kappa shape index (κ3) is 4.05. The number of ether oxygens (including phenoxy) is 1. The van der Waals surface area contributed by atoms with E-state index in [-0.39, 0.29) is 11.8 Å². The fourth-order valence-electron chi connectivity index (χ4n) is 2.81. The number of carbonyl (C=O) groups is 2. The van der Waals surface area contributed by atoms with Gasteiger partial charge in [0.2, 0.25) is 11.8 Å². The molecule has 0 bridgehead atoms. The number of benzene rings is 1. The molecule has 0 aliphatic carbocycles. The van der Waals surface area contributed by atoms with E-state index >= 15 is 0 Å². The molecule has 3 aliphatic rings. The first kappa shape index (κ1) is 16.3. The van der Waals surface area contributed by atoms with Crippen molar-refractivity contribution in [3.05, 3.63) is 30.4 Å². The second-order valence-corrected chi connectivity index (χ2v) is 5.69. The average Bonchev–Trinajstić information content (AvgIpc) is 2.62. The van der Waals surface area contributed by atoms with Gasteiger partial charge in [-0.15, -0.1) is 0 Å². The number of para-hydroxylation sites is 1. The minimum absolute atomic E-state index is 0.225. The zero-order valence-corrected chi connectivity index (χ0v) is 13.5. The topological polar surface area (TPSA) is 82.7 Å². The fourth-order valence-corrected chi connectivity index (χ4v) is 2.81. The second kappa shape index (κ2) is 7.83. The zero-order valence-electron chi connectivity index (χ0n) is 13.5. The van der Waals surface area contributed by atoms with E-state index in [9.17, 15) is 9.59 Å². The van der Waals surface area contributed by atoms with Crippen LogP contribution >= 0.6 is 0 Å². The Morgan fingerprint density at radius 2 is 1.92 bits per heavy atom. The van der Waals surface area contributed by atoms with Crippen LogP contribution in [0.2, 0.25) is 0 Å². The molecule has 0 atom stereocenters. The maximum Gasteiger partial charge on any atom is 0.250 e. The van der Waals surface area contributed by atoms with Gasteiger partial charge in [-0.25, -0.2) is 0 Å². The summed E-state index contributed by atoms with van der Waals surface area (Å²) in [5.41, 5.74) is 2.36. The third-order valence-electron chi connectivity index (χ3n) is 3.95. The van der Waals surface area contributed by atoms with E-state index in [2.05, 4.69) is 39.0 Å². The number of carbonyl (C=O) groups excluding carboxylic acids is 2. The number of fused-ring (bicyclic) bond motifs is 1. The molecule has 0 saturated carbocycles. The van der Waals surface area contributed by atoms with Gasteiger partial charge in [-0.1, -0.05) is 12.1 Å². The molecule has 3 aliphatic heterocycles. The van der Waals surface area contributed by atoms with E-state index in [0.717, 1.165) is 50.8 Å². The monoisotopic (exact) mass is 330 g/mol. The van der Waals surface area contributed by atoms with Crippen LogP contribution in [0.25, 0.3) is 0 Å². The van der Waals surface area contributed by atoms with Crippen molar-refractivity contribution in [1.82, 2.24) is 10.6 Å². The van der Waals surface area contributed by atoms with Crippen LogP contribution in [-0.4, -0.2) is 51.1 Å². The van der Waals surface area contributed by atoms with E-state index in [1.807, 2.05) is 0 Å². The van der Waals surface area contributed by atoms with Crippen LogP contribution in [0, 0.1) is 0 Å². The van der Waals surface area contributed by atoms with Crippen molar-refractivity contribution in [2.75, 3.05) is 49.5 Å². The normalized spacial score (nSPS) is 19.2. The van der Waals surface area contributed by atoms with Gasteiger partial charge < -0.3 is 20.3 Å². The molecule has 0 aromatic heterocycles. The highest BCUT2D eigenvalue weighted by atomic mass is 16.5. The van der Waals surface area contributed by atoms with Crippen molar-refractivity contribution in [3.63, 3.8) is 0 Å². The molecule has 1 aromatic rings. The highest BCUT2D eigenvalue weighted by Crippen LogP contribution is 2.37. The Labute approximate surface area is 141 Å². The summed E-state index contributed by atoms with van der Waals surface area (Å²) in [7, 11) is 0. The first-order valence-corrected chi connectivity index (χ1v) is 8.20. The maximum absolute atomic E-state index is 10.3. The number of rotatable bonds is 1. The Hall–Kier alpha value is -2.54. The van der Waals surface area contributed by atoms with Crippen LogP contribution in [0.5, 0.6) is 5.75 Å². The van der Waals surface area contributed by atoms with E-state index in [1.165, 1.54) is 11.8 Å². The van der Waals surface area contributed by atoms with Gasteiger partial charge in [0.15, 0.2) is 5.75 Å². The molecule has 24 heavy (non-hydrogen) atoms. The SMILES string of the molecule is O=C1C=CCC(=O)N1.c1cc2c(c(N3CCNCC3)c1)OCCN2. The van der Waals surface area contributed by atoms with Gasteiger partial charge in [-0.05, 0) is 18.2 Å². The first-order valence-electron chi connectivity index (χ1n) is 8.20. The molecule has 1 aromatic carbocycles. The van der Waals surface area contributed by atoms with Gasteiger partial charge in [0.05, 0.1) is 11.4 Å².